The molecule has 3 rings (SSSR count). The summed E-state index contributed by atoms with van der Waals surface area (Å²) in [6, 6.07) is 17.5. The molecule has 0 bridgehead atoms. The number of hydrogen-bond donors (Lipinski definition) is 1. The van der Waals surface area contributed by atoms with Gasteiger partial charge in [-0.15, -0.1) is 0 Å². The second kappa shape index (κ2) is 5.65. The summed E-state index contributed by atoms with van der Waals surface area (Å²) in [5.74, 6) is -0.0462. The molecule has 3 aromatic rings. The fraction of sp³-hybridized carbons (Fsp3) is 0. The Morgan fingerprint density at radius 1 is 1.00 bits per heavy atom. The molecule has 0 fully saturated rings. The van der Waals surface area contributed by atoms with E-state index in [1.54, 1.807) is 0 Å². The van der Waals surface area contributed by atoms with Crippen LogP contribution < -0.4 is 0 Å². The number of fused-ring (bicyclic) bond motifs is 1. The lowest BCUT2D eigenvalue weighted by molar-refractivity contribution is -0.384. The lowest BCUT2D eigenvalue weighted by Gasteiger charge is -2.00. The highest BCUT2D eigenvalue weighted by atomic mass is 16.6. The van der Waals surface area contributed by atoms with Gasteiger partial charge in [-0.1, -0.05) is 30.3 Å². The zero-order valence-electron chi connectivity index (χ0n) is 11.5. The van der Waals surface area contributed by atoms with E-state index in [1.165, 1.54) is 24.4 Å². The third-order valence-corrected chi connectivity index (χ3v) is 3.31. The van der Waals surface area contributed by atoms with E-state index in [4.69, 9.17) is 0 Å². The Hall–Kier alpha value is -3.21. The number of aromatic hydroxyl groups is 1. The van der Waals surface area contributed by atoms with E-state index in [-0.39, 0.29) is 11.4 Å². The molecule has 22 heavy (non-hydrogen) atoms. The minimum Gasteiger partial charge on any atom is -0.507 e. The van der Waals surface area contributed by atoms with E-state index in [9.17, 15) is 15.2 Å². The van der Waals surface area contributed by atoms with Gasteiger partial charge in [-0.2, -0.15) is 0 Å². The number of phenolic OH excluding ortho intramolecular Hbond substituents is 1. The van der Waals surface area contributed by atoms with Crippen LogP contribution in [-0.2, 0) is 0 Å². The van der Waals surface area contributed by atoms with Gasteiger partial charge in [0.05, 0.1) is 10.6 Å². The molecule has 0 atom stereocenters. The van der Waals surface area contributed by atoms with Crippen LogP contribution in [0.15, 0.2) is 65.7 Å². The highest BCUT2D eigenvalue weighted by Crippen LogP contribution is 2.24. The molecule has 0 saturated heterocycles. The third-order valence-electron chi connectivity index (χ3n) is 3.31. The Kier molecular flexibility index (Phi) is 3.53. The summed E-state index contributed by atoms with van der Waals surface area (Å²) in [5.41, 5.74) is 0.935. The quantitative estimate of drug-likeness (QED) is 0.446. The zero-order valence-corrected chi connectivity index (χ0v) is 11.5. The van der Waals surface area contributed by atoms with Crippen molar-refractivity contribution >= 4 is 28.4 Å². The van der Waals surface area contributed by atoms with Crippen LogP contribution in [-0.4, -0.2) is 16.2 Å². The average Bonchev–Trinajstić information content (AvgIpc) is 2.53. The van der Waals surface area contributed by atoms with Gasteiger partial charge in [-0.05, 0) is 29.0 Å². The van der Waals surface area contributed by atoms with Crippen molar-refractivity contribution in [2.75, 3.05) is 0 Å². The van der Waals surface area contributed by atoms with Gasteiger partial charge in [0, 0.05) is 23.9 Å². The predicted molar refractivity (Wildman–Crippen MR) is 86.0 cm³/mol. The fourth-order valence-electron chi connectivity index (χ4n) is 2.16. The van der Waals surface area contributed by atoms with Gasteiger partial charge < -0.3 is 5.11 Å². The number of benzene rings is 3. The molecule has 0 saturated carbocycles. The fourth-order valence-corrected chi connectivity index (χ4v) is 2.16. The van der Waals surface area contributed by atoms with Crippen molar-refractivity contribution in [2.45, 2.75) is 0 Å². The molecule has 0 amide bonds. The van der Waals surface area contributed by atoms with Gasteiger partial charge in [0.2, 0.25) is 0 Å². The number of hydrogen-bond acceptors (Lipinski definition) is 4. The largest absolute Gasteiger partial charge is 0.507 e. The van der Waals surface area contributed by atoms with E-state index in [1.807, 2.05) is 42.5 Å². The standard InChI is InChI=1S/C17H12N2O3/c20-17-8-7-16(19(21)22)10-14(17)11-18-15-6-5-12-3-1-2-4-13(12)9-15/h1-11,20H. The first-order valence-corrected chi connectivity index (χ1v) is 6.64. The molecule has 5 nitrogen and oxygen atoms in total. The van der Waals surface area contributed by atoms with Gasteiger partial charge >= 0.3 is 0 Å². The smallest absolute Gasteiger partial charge is 0.270 e. The third kappa shape index (κ3) is 2.78. The maximum absolute atomic E-state index is 10.8. The molecule has 0 aliphatic carbocycles. The van der Waals surface area contributed by atoms with Crippen molar-refractivity contribution in [3.63, 3.8) is 0 Å². The van der Waals surface area contributed by atoms with Gasteiger partial charge in [-0.3, -0.25) is 15.1 Å². The SMILES string of the molecule is O=[N+]([O-])c1ccc(O)c(C=Nc2ccc3ccccc3c2)c1. The van der Waals surface area contributed by atoms with Crippen molar-refractivity contribution in [3.05, 3.63) is 76.3 Å². The zero-order chi connectivity index (χ0) is 15.5. The molecule has 0 aromatic heterocycles. The molecule has 108 valence electrons. The van der Waals surface area contributed by atoms with Crippen molar-refractivity contribution in [3.8, 4) is 5.75 Å². The van der Waals surface area contributed by atoms with E-state index < -0.39 is 4.92 Å². The average molecular weight is 292 g/mol. The Bertz CT molecular complexity index is 888. The number of aliphatic imine (C=N–C) groups is 1. The summed E-state index contributed by atoms with van der Waals surface area (Å²) in [4.78, 5) is 14.5. The molecular formula is C17H12N2O3. The van der Waals surface area contributed by atoms with Gasteiger partial charge in [0.1, 0.15) is 5.75 Å². The maximum atomic E-state index is 10.8. The van der Waals surface area contributed by atoms with Crippen LogP contribution in [0, 0.1) is 10.1 Å². The molecule has 3 aromatic carbocycles. The summed E-state index contributed by atoms with van der Waals surface area (Å²) in [6.07, 6.45) is 1.42. The number of nitro groups is 1. The lowest BCUT2D eigenvalue weighted by atomic mass is 10.1. The molecular weight excluding hydrogens is 280 g/mol. The van der Waals surface area contributed by atoms with Crippen LogP contribution in [0.1, 0.15) is 5.56 Å². The molecule has 0 heterocycles. The summed E-state index contributed by atoms with van der Waals surface area (Å²) in [6.45, 7) is 0. The molecule has 1 N–H and O–H groups in total. The minimum atomic E-state index is -0.507. The second-order valence-electron chi connectivity index (χ2n) is 4.79. The summed E-state index contributed by atoms with van der Waals surface area (Å²) >= 11 is 0. The number of non-ortho nitro benzene ring substituents is 1. The highest BCUT2D eigenvalue weighted by Gasteiger charge is 2.08. The maximum Gasteiger partial charge on any atom is 0.270 e. The van der Waals surface area contributed by atoms with Gasteiger partial charge in [0.15, 0.2) is 0 Å². The van der Waals surface area contributed by atoms with Crippen LogP contribution >= 0.6 is 0 Å². The monoisotopic (exact) mass is 292 g/mol. The van der Waals surface area contributed by atoms with Crippen LogP contribution in [0.2, 0.25) is 0 Å². The Morgan fingerprint density at radius 2 is 1.77 bits per heavy atom. The minimum absolute atomic E-state index is 0.0462. The van der Waals surface area contributed by atoms with Crippen LogP contribution in [0.5, 0.6) is 5.75 Å². The Balaban J connectivity index is 1.95. The first-order chi connectivity index (χ1) is 10.6. The number of phenols is 1. The lowest BCUT2D eigenvalue weighted by Crippen LogP contribution is -1.90. The van der Waals surface area contributed by atoms with Crippen molar-refractivity contribution < 1.29 is 10.0 Å². The molecule has 0 spiro atoms. The van der Waals surface area contributed by atoms with Crippen molar-refractivity contribution in [1.82, 2.24) is 0 Å². The van der Waals surface area contributed by atoms with E-state index in [2.05, 4.69) is 4.99 Å². The van der Waals surface area contributed by atoms with Crippen molar-refractivity contribution in [1.29, 1.82) is 0 Å². The Morgan fingerprint density at radius 3 is 2.55 bits per heavy atom. The van der Waals surface area contributed by atoms with Crippen LogP contribution in [0.3, 0.4) is 0 Å². The predicted octanol–water partition coefficient (Wildman–Crippen LogP) is 4.20. The topological polar surface area (TPSA) is 75.7 Å². The van der Waals surface area contributed by atoms with E-state index >= 15 is 0 Å². The molecule has 0 aliphatic heterocycles. The molecule has 0 radical (unpaired) electrons. The molecule has 0 aliphatic rings. The number of nitro benzene ring substituents is 1. The summed E-state index contributed by atoms with van der Waals surface area (Å²) in [5, 5.41) is 22.7. The first-order valence-electron chi connectivity index (χ1n) is 6.64. The van der Waals surface area contributed by atoms with Gasteiger partial charge in [0.25, 0.3) is 5.69 Å². The van der Waals surface area contributed by atoms with Crippen molar-refractivity contribution in [2.24, 2.45) is 4.99 Å². The van der Waals surface area contributed by atoms with Crippen LogP contribution in [0.25, 0.3) is 10.8 Å². The Labute approximate surface area is 126 Å². The van der Waals surface area contributed by atoms with E-state index in [0.717, 1.165) is 10.8 Å². The van der Waals surface area contributed by atoms with Gasteiger partial charge in [-0.25, -0.2) is 0 Å². The summed E-state index contributed by atoms with van der Waals surface area (Å²) < 4.78 is 0. The van der Waals surface area contributed by atoms with E-state index in [0.29, 0.717) is 11.3 Å². The summed E-state index contributed by atoms with van der Waals surface area (Å²) in [7, 11) is 0. The second-order valence-corrected chi connectivity index (χ2v) is 4.79. The van der Waals surface area contributed by atoms with Crippen LogP contribution in [0.4, 0.5) is 11.4 Å². The molecule has 5 heteroatoms. The number of nitrogens with zero attached hydrogens (tertiary/aromatic N) is 2. The normalized spacial score (nSPS) is 11.1. The number of rotatable bonds is 3. The highest BCUT2D eigenvalue weighted by molar-refractivity contribution is 5.89. The molecule has 0 unspecified atom stereocenters. The first kappa shape index (κ1) is 13.8.